The molecule has 6 nitrogen and oxygen atoms in total. The molecule has 0 bridgehead atoms. The average Bonchev–Trinajstić information content (AvgIpc) is 2.66. The number of anilines is 1. The van der Waals surface area contributed by atoms with Crippen molar-refractivity contribution in [3.05, 3.63) is 59.1 Å². The van der Waals surface area contributed by atoms with Gasteiger partial charge in [-0.05, 0) is 36.8 Å². The maximum Gasteiger partial charge on any atom is 0.289 e. The summed E-state index contributed by atoms with van der Waals surface area (Å²) in [5.74, 6) is -0.950. The largest absolute Gasteiger partial charge is 0.497 e. The lowest BCUT2D eigenvalue weighted by atomic mass is 10.1. The molecule has 2 aromatic rings. The number of carbonyl (C=O) groups excluding carboxylic acids is 3. The molecule has 1 N–H and O–H groups in total. The van der Waals surface area contributed by atoms with E-state index in [0.29, 0.717) is 22.9 Å². The summed E-state index contributed by atoms with van der Waals surface area (Å²) in [7, 11) is 1.50. The van der Waals surface area contributed by atoms with E-state index in [1.807, 2.05) is 0 Å². The number of rotatable bonds is 8. The topological polar surface area (TPSA) is 75.7 Å². The minimum Gasteiger partial charge on any atom is -0.497 e. The number of hydrogen-bond donors (Lipinski definition) is 1. The molecule has 136 valence electrons. The molecule has 26 heavy (non-hydrogen) atoms. The fourth-order valence-corrected chi connectivity index (χ4v) is 2.59. The van der Waals surface area contributed by atoms with Gasteiger partial charge in [0.15, 0.2) is 0 Å². The van der Waals surface area contributed by atoms with Gasteiger partial charge in [0.05, 0.1) is 7.11 Å². The smallest absolute Gasteiger partial charge is 0.289 e. The second-order valence-corrected chi connectivity index (χ2v) is 6.00. The highest BCUT2D eigenvalue weighted by Crippen LogP contribution is 2.22. The van der Waals surface area contributed by atoms with Gasteiger partial charge in [0.1, 0.15) is 11.8 Å². The maximum absolute atomic E-state index is 12.4. The summed E-state index contributed by atoms with van der Waals surface area (Å²) in [6.45, 7) is 1.66. The summed E-state index contributed by atoms with van der Waals surface area (Å²) in [6, 6.07) is 12.7. The van der Waals surface area contributed by atoms with Crippen molar-refractivity contribution in [3.63, 3.8) is 0 Å². The predicted molar refractivity (Wildman–Crippen MR) is 99.3 cm³/mol. The molecule has 0 saturated heterocycles. The zero-order valence-corrected chi connectivity index (χ0v) is 15.2. The lowest BCUT2D eigenvalue weighted by Crippen LogP contribution is -2.45. The van der Waals surface area contributed by atoms with Crippen LogP contribution in [0.3, 0.4) is 0 Å². The fraction of sp³-hybridized carbons (Fsp3) is 0.211. The molecule has 0 aliphatic heterocycles. The Morgan fingerprint density at radius 3 is 2.62 bits per heavy atom. The first-order valence-corrected chi connectivity index (χ1v) is 8.28. The van der Waals surface area contributed by atoms with Crippen LogP contribution in [0.2, 0.25) is 5.02 Å². The lowest BCUT2D eigenvalue weighted by molar-refractivity contribution is -0.138. The predicted octanol–water partition coefficient (Wildman–Crippen LogP) is 2.59. The standard InChI is InChI=1S/C19H19ClN2O4/c1-13(22(12-23)16-7-4-8-17(10-16)26-2)18(24)19(25)21-11-14-5-3-6-15(20)9-14/h3-10,12-13H,11H2,1-2H3,(H,21,25). The fourth-order valence-electron chi connectivity index (χ4n) is 2.38. The average molecular weight is 375 g/mol. The summed E-state index contributed by atoms with van der Waals surface area (Å²) in [6.07, 6.45) is 0.515. The Balaban J connectivity index is 2.05. The Morgan fingerprint density at radius 1 is 1.23 bits per heavy atom. The van der Waals surface area contributed by atoms with Crippen LogP contribution >= 0.6 is 11.6 Å². The van der Waals surface area contributed by atoms with E-state index < -0.39 is 17.7 Å². The molecular formula is C19H19ClN2O4. The summed E-state index contributed by atoms with van der Waals surface area (Å²) in [5, 5.41) is 3.09. The molecule has 2 rings (SSSR count). The highest BCUT2D eigenvalue weighted by atomic mass is 35.5. The number of halogens is 1. The van der Waals surface area contributed by atoms with Crippen LogP contribution in [0.25, 0.3) is 0 Å². The number of nitrogens with one attached hydrogen (secondary N) is 1. The minimum atomic E-state index is -0.959. The van der Waals surface area contributed by atoms with Gasteiger partial charge in [0.25, 0.3) is 5.91 Å². The van der Waals surface area contributed by atoms with Gasteiger partial charge in [-0.3, -0.25) is 14.4 Å². The first-order valence-electron chi connectivity index (χ1n) is 7.90. The summed E-state index contributed by atoms with van der Waals surface area (Å²) >= 11 is 5.89. The molecule has 2 amide bonds. The zero-order valence-electron chi connectivity index (χ0n) is 14.4. The SMILES string of the molecule is COc1cccc(N(C=O)C(C)C(=O)C(=O)NCc2cccc(Cl)c2)c1. The molecular weight excluding hydrogens is 356 g/mol. The van der Waals surface area contributed by atoms with Crippen LogP contribution in [0.15, 0.2) is 48.5 Å². The normalized spacial score (nSPS) is 11.3. The molecule has 2 aromatic carbocycles. The third kappa shape index (κ3) is 4.83. The second kappa shape index (κ2) is 9.01. The van der Waals surface area contributed by atoms with Crippen LogP contribution in [0.1, 0.15) is 12.5 Å². The highest BCUT2D eigenvalue weighted by molar-refractivity contribution is 6.39. The van der Waals surface area contributed by atoms with Gasteiger partial charge in [-0.2, -0.15) is 0 Å². The van der Waals surface area contributed by atoms with E-state index in [-0.39, 0.29) is 6.54 Å². The number of carbonyl (C=O) groups is 3. The van der Waals surface area contributed by atoms with Gasteiger partial charge >= 0.3 is 0 Å². The number of ketones is 1. The van der Waals surface area contributed by atoms with E-state index in [2.05, 4.69) is 5.32 Å². The van der Waals surface area contributed by atoms with Gasteiger partial charge in [0.2, 0.25) is 12.2 Å². The number of nitrogens with zero attached hydrogens (tertiary/aromatic N) is 1. The second-order valence-electron chi connectivity index (χ2n) is 5.57. The van der Waals surface area contributed by atoms with Crippen molar-refractivity contribution in [2.24, 2.45) is 0 Å². The number of benzene rings is 2. The van der Waals surface area contributed by atoms with E-state index in [1.165, 1.54) is 18.9 Å². The van der Waals surface area contributed by atoms with Crippen LogP contribution in [-0.4, -0.2) is 31.3 Å². The molecule has 1 unspecified atom stereocenters. The maximum atomic E-state index is 12.4. The molecule has 0 fully saturated rings. The van der Waals surface area contributed by atoms with Gasteiger partial charge in [-0.15, -0.1) is 0 Å². The van der Waals surface area contributed by atoms with E-state index >= 15 is 0 Å². The van der Waals surface area contributed by atoms with Crippen LogP contribution in [0.5, 0.6) is 5.75 Å². The van der Waals surface area contributed by atoms with Gasteiger partial charge in [-0.1, -0.05) is 29.8 Å². The van der Waals surface area contributed by atoms with Crippen LogP contribution < -0.4 is 15.0 Å². The van der Waals surface area contributed by atoms with E-state index in [1.54, 1.807) is 48.5 Å². The van der Waals surface area contributed by atoms with E-state index in [0.717, 1.165) is 5.56 Å². The Hall–Kier alpha value is -2.86. The van der Waals surface area contributed by atoms with Gasteiger partial charge in [0, 0.05) is 23.3 Å². The number of amides is 2. The Labute approximate surface area is 156 Å². The quantitative estimate of drug-likeness (QED) is 0.569. The van der Waals surface area contributed by atoms with Crippen molar-refractivity contribution in [1.82, 2.24) is 5.32 Å². The monoisotopic (exact) mass is 374 g/mol. The van der Waals surface area contributed by atoms with Crippen molar-refractivity contribution < 1.29 is 19.1 Å². The summed E-state index contributed by atoms with van der Waals surface area (Å²) < 4.78 is 5.12. The molecule has 0 aliphatic rings. The molecule has 1 atom stereocenters. The number of ether oxygens (including phenoxy) is 1. The number of methoxy groups -OCH3 is 1. The van der Waals surface area contributed by atoms with Crippen LogP contribution in [0.4, 0.5) is 5.69 Å². The Bertz CT molecular complexity index is 810. The van der Waals surface area contributed by atoms with Crippen molar-refractivity contribution in [2.45, 2.75) is 19.5 Å². The Morgan fingerprint density at radius 2 is 1.96 bits per heavy atom. The molecule has 0 heterocycles. The molecule has 0 spiro atoms. The van der Waals surface area contributed by atoms with Crippen molar-refractivity contribution in [1.29, 1.82) is 0 Å². The minimum absolute atomic E-state index is 0.165. The van der Waals surface area contributed by atoms with Crippen molar-refractivity contribution in [3.8, 4) is 5.75 Å². The molecule has 7 heteroatoms. The molecule has 0 radical (unpaired) electrons. The van der Waals surface area contributed by atoms with E-state index in [4.69, 9.17) is 16.3 Å². The first-order chi connectivity index (χ1) is 12.5. The summed E-state index contributed by atoms with van der Waals surface area (Å²) in [4.78, 5) is 37.2. The summed E-state index contributed by atoms with van der Waals surface area (Å²) in [5.41, 5.74) is 1.23. The molecule has 0 saturated carbocycles. The lowest BCUT2D eigenvalue weighted by Gasteiger charge is -2.24. The molecule has 0 aromatic heterocycles. The van der Waals surface area contributed by atoms with Crippen LogP contribution in [-0.2, 0) is 20.9 Å². The first kappa shape index (κ1) is 19.5. The van der Waals surface area contributed by atoms with Crippen molar-refractivity contribution in [2.75, 3.05) is 12.0 Å². The Kier molecular flexibility index (Phi) is 6.74. The number of Topliss-reactive ketones (excluding diaryl/α,β-unsaturated/α-hetero) is 1. The third-order valence-electron chi connectivity index (χ3n) is 3.83. The number of hydrogen-bond acceptors (Lipinski definition) is 4. The van der Waals surface area contributed by atoms with Crippen molar-refractivity contribution >= 4 is 35.4 Å². The van der Waals surface area contributed by atoms with E-state index in [9.17, 15) is 14.4 Å². The molecule has 0 aliphatic carbocycles. The highest BCUT2D eigenvalue weighted by Gasteiger charge is 2.27. The zero-order chi connectivity index (χ0) is 19.1. The van der Waals surface area contributed by atoms with Gasteiger partial charge in [-0.25, -0.2) is 0 Å². The van der Waals surface area contributed by atoms with Gasteiger partial charge < -0.3 is 15.0 Å². The van der Waals surface area contributed by atoms with Crippen LogP contribution in [0, 0.1) is 0 Å². The third-order valence-corrected chi connectivity index (χ3v) is 4.06.